The van der Waals surface area contributed by atoms with E-state index in [9.17, 15) is 10.1 Å². The summed E-state index contributed by atoms with van der Waals surface area (Å²) in [7, 11) is 0. The molecule has 7 heteroatoms. The molecule has 19 heavy (non-hydrogen) atoms. The minimum absolute atomic E-state index is 0.0201. The molecule has 0 aliphatic carbocycles. The van der Waals surface area contributed by atoms with Crippen molar-refractivity contribution in [2.45, 2.75) is 18.9 Å². The number of rotatable bonds is 3. The molecule has 0 bridgehead atoms. The molecule has 1 aliphatic rings. The van der Waals surface area contributed by atoms with Crippen LogP contribution in [0, 0.1) is 10.1 Å². The predicted molar refractivity (Wildman–Crippen MR) is 70.2 cm³/mol. The van der Waals surface area contributed by atoms with Crippen molar-refractivity contribution in [3.8, 4) is 0 Å². The standard InChI is InChI=1S/C12H14N4O3/c17-16(18)9-3-4-11-10(6-9)15-12(19-11)14-8-2-1-5-13-7-8/h3-4,6,8,13H,1-2,5,7H2,(H,14,15)/t8-/m0/s1. The summed E-state index contributed by atoms with van der Waals surface area (Å²) in [6.07, 6.45) is 2.18. The van der Waals surface area contributed by atoms with Gasteiger partial charge in [0, 0.05) is 24.7 Å². The molecule has 1 aliphatic heterocycles. The number of nitro groups is 1. The van der Waals surface area contributed by atoms with Crippen molar-refractivity contribution in [1.82, 2.24) is 10.3 Å². The lowest BCUT2D eigenvalue weighted by atomic mass is 10.1. The summed E-state index contributed by atoms with van der Waals surface area (Å²) < 4.78 is 5.53. The first-order valence-corrected chi connectivity index (χ1v) is 6.24. The summed E-state index contributed by atoms with van der Waals surface area (Å²) >= 11 is 0. The van der Waals surface area contributed by atoms with Crippen LogP contribution in [-0.4, -0.2) is 29.0 Å². The van der Waals surface area contributed by atoms with Crippen LogP contribution >= 0.6 is 0 Å². The molecule has 1 aromatic heterocycles. The Bertz CT molecular complexity index is 604. The van der Waals surface area contributed by atoms with E-state index in [2.05, 4.69) is 15.6 Å². The maximum atomic E-state index is 10.7. The van der Waals surface area contributed by atoms with Gasteiger partial charge in [0.05, 0.1) is 4.92 Å². The Balaban J connectivity index is 1.82. The Morgan fingerprint density at radius 2 is 2.42 bits per heavy atom. The minimum Gasteiger partial charge on any atom is -0.424 e. The van der Waals surface area contributed by atoms with E-state index in [1.165, 1.54) is 12.1 Å². The molecular weight excluding hydrogens is 248 g/mol. The second kappa shape index (κ2) is 4.85. The Labute approximate surface area is 109 Å². The molecular formula is C12H14N4O3. The van der Waals surface area contributed by atoms with Gasteiger partial charge >= 0.3 is 0 Å². The number of hydrogen-bond acceptors (Lipinski definition) is 6. The van der Waals surface area contributed by atoms with Crippen molar-refractivity contribution in [2.24, 2.45) is 0 Å². The zero-order valence-electron chi connectivity index (χ0n) is 10.3. The summed E-state index contributed by atoms with van der Waals surface area (Å²) in [5.41, 5.74) is 1.07. The van der Waals surface area contributed by atoms with Gasteiger partial charge in [0.25, 0.3) is 11.7 Å². The number of oxazole rings is 1. The number of piperidine rings is 1. The molecule has 2 N–H and O–H groups in total. The zero-order chi connectivity index (χ0) is 13.2. The van der Waals surface area contributed by atoms with E-state index in [1.807, 2.05) is 0 Å². The fourth-order valence-corrected chi connectivity index (χ4v) is 2.24. The van der Waals surface area contributed by atoms with Gasteiger partial charge in [0.1, 0.15) is 5.52 Å². The molecule has 1 saturated heterocycles. The third-order valence-corrected chi connectivity index (χ3v) is 3.21. The fraction of sp³-hybridized carbons (Fsp3) is 0.417. The first-order chi connectivity index (χ1) is 9.22. The summed E-state index contributed by atoms with van der Waals surface area (Å²) in [4.78, 5) is 14.5. The number of nitrogens with one attached hydrogen (secondary N) is 2. The smallest absolute Gasteiger partial charge is 0.295 e. The largest absolute Gasteiger partial charge is 0.424 e. The second-order valence-corrected chi connectivity index (χ2v) is 4.62. The van der Waals surface area contributed by atoms with E-state index in [0.717, 1.165) is 25.9 Å². The molecule has 0 spiro atoms. The van der Waals surface area contributed by atoms with Crippen LogP contribution in [0.1, 0.15) is 12.8 Å². The molecule has 0 saturated carbocycles. The Kier molecular flexibility index (Phi) is 3.04. The second-order valence-electron chi connectivity index (χ2n) is 4.62. The van der Waals surface area contributed by atoms with Gasteiger partial charge in [-0.15, -0.1) is 0 Å². The summed E-state index contributed by atoms with van der Waals surface area (Å²) in [5.74, 6) is 0. The number of non-ortho nitro benzene ring substituents is 1. The highest BCUT2D eigenvalue weighted by Crippen LogP contribution is 2.24. The molecule has 2 aromatic rings. The van der Waals surface area contributed by atoms with Crippen LogP contribution in [0.3, 0.4) is 0 Å². The van der Waals surface area contributed by atoms with E-state index < -0.39 is 4.92 Å². The van der Waals surface area contributed by atoms with Gasteiger partial charge in [0.15, 0.2) is 5.58 Å². The van der Waals surface area contributed by atoms with Crippen molar-refractivity contribution in [3.63, 3.8) is 0 Å². The predicted octanol–water partition coefficient (Wildman–Crippen LogP) is 1.90. The van der Waals surface area contributed by atoms with Gasteiger partial charge in [-0.25, -0.2) is 0 Å². The number of benzene rings is 1. The van der Waals surface area contributed by atoms with Crippen molar-refractivity contribution in [1.29, 1.82) is 0 Å². The molecule has 1 atom stereocenters. The molecule has 0 amide bonds. The Morgan fingerprint density at radius 3 is 3.16 bits per heavy atom. The monoisotopic (exact) mass is 262 g/mol. The van der Waals surface area contributed by atoms with Crippen molar-refractivity contribution in [3.05, 3.63) is 28.3 Å². The minimum atomic E-state index is -0.438. The van der Waals surface area contributed by atoms with Crippen LogP contribution in [0.4, 0.5) is 11.7 Å². The molecule has 0 radical (unpaired) electrons. The first-order valence-electron chi connectivity index (χ1n) is 6.24. The van der Waals surface area contributed by atoms with E-state index in [0.29, 0.717) is 17.1 Å². The molecule has 0 unspecified atom stereocenters. The van der Waals surface area contributed by atoms with Crippen LogP contribution in [0.25, 0.3) is 11.1 Å². The van der Waals surface area contributed by atoms with Crippen LogP contribution in [0.15, 0.2) is 22.6 Å². The van der Waals surface area contributed by atoms with Crippen LogP contribution < -0.4 is 10.6 Å². The summed E-state index contributed by atoms with van der Waals surface area (Å²) in [5, 5.41) is 17.2. The van der Waals surface area contributed by atoms with E-state index in [1.54, 1.807) is 6.07 Å². The number of nitro benzene ring substituents is 1. The van der Waals surface area contributed by atoms with Gasteiger partial charge in [0.2, 0.25) is 0 Å². The molecule has 1 fully saturated rings. The normalized spacial score (nSPS) is 19.5. The van der Waals surface area contributed by atoms with Crippen LogP contribution in [0.2, 0.25) is 0 Å². The quantitative estimate of drug-likeness (QED) is 0.648. The van der Waals surface area contributed by atoms with E-state index in [4.69, 9.17) is 4.42 Å². The Morgan fingerprint density at radius 1 is 1.53 bits per heavy atom. The van der Waals surface area contributed by atoms with Crippen molar-refractivity contribution >= 4 is 22.8 Å². The number of nitrogens with zero attached hydrogens (tertiary/aromatic N) is 2. The van der Waals surface area contributed by atoms with E-state index >= 15 is 0 Å². The number of anilines is 1. The number of fused-ring (bicyclic) bond motifs is 1. The molecule has 2 heterocycles. The maximum absolute atomic E-state index is 10.7. The number of hydrogen-bond donors (Lipinski definition) is 2. The van der Waals surface area contributed by atoms with Crippen LogP contribution in [0.5, 0.6) is 0 Å². The summed E-state index contributed by atoms with van der Waals surface area (Å²) in [6, 6.07) is 5.12. The Hall–Kier alpha value is -2.15. The van der Waals surface area contributed by atoms with Gasteiger partial charge in [-0.3, -0.25) is 10.1 Å². The SMILES string of the molecule is O=[N+]([O-])c1ccc2oc(N[C@H]3CCCNC3)nc2c1. The average molecular weight is 262 g/mol. The topological polar surface area (TPSA) is 93.2 Å². The van der Waals surface area contributed by atoms with Gasteiger partial charge < -0.3 is 15.1 Å². The lowest BCUT2D eigenvalue weighted by molar-refractivity contribution is -0.384. The maximum Gasteiger partial charge on any atom is 0.295 e. The fourth-order valence-electron chi connectivity index (χ4n) is 2.24. The third kappa shape index (κ3) is 2.50. The van der Waals surface area contributed by atoms with Crippen LogP contribution in [-0.2, 0) is 0 Å². The molecule has 100 valence electrons. The van der Waals surface area contributed by atoms with Gasteiger partial charge in [-0.05, 0) is 25.5 Å². The highest BCUT2D eigenvalue weighted by Gasteiger charge is 2.16. The zero-order valence-corrected chi connectivity index (χ0v) is 10.3. The summed E-state index contributed by atoms with van der Waals surface area (Å²) in [6.45, 7) is 1.91. The average Bonchev–Trinajstić information content (AvgIpc) is 2.80. The lowest BCUT2D eigenvalue weighted by Gasteiger charge is -2.22. The van der Waals surface area contributed by atoms with Crippen molar-refractivity contribution in [2.75, 3.05) is 18.4 Å². The van der Waals surface area contributed by atoms with Gasteiger partial charge in [-0.1, -0.05) is 0 Å². The third-order valence-electron chi connectivity index (χ3n) is 3.21. The molecule has 7 nitrogen and oxygen atoms in total. The van der Waals surface area contributed by atoms with E-state index in [-0.39, 0.29) is 11.7 Å². The molecule has 3 rings (SSSR count). The highest BCUT2D eigenvalue weighted by molar-refractivity contribution is 5.77. The number of aromatic nitrogens is 1. The highest BCUT2D eigenvalue weighted by atomic mass is 16.6. The lowest BCUT2D eigenvalue weighted by Crippen LogP contribution is -2.38. The van der Waals surface area contributed by atoms with Gasteiger partial charge in [-0.2, -0.15) is 4.98 Å². The first kappa shape index (κ1) is 11.9. The molecule has 1 aromatic carbocycles. The van der Waals surface area contributed by atoms with Crippen molar-refractivity contribution < 1.29 is 9.34 Å².